The summed E-state index contributed by atoms with van der Waals surface area (Å²) in [5.41, 5.74) is 6.70. The fourth-order valence-corrected chi connectivity index (χ4v) is 4.14. The molecule has 0 aliphatic carbocycles. The number of esters is 1. The first-order valence-electron chi connectivity index (χ1n) is 8.44. The molecule has 8 heteroatoms. The van der Waals surface area contributed by atoms with E-state index < -0.39 is 16.0 Å². The average molecular weight is 392 g/mol. The number of sulfonamides is 1. The van der Waals surface area contributed by atoms with Crippen LogP contribution < -0.4 is 10.5 Å². The number of rotatable bonds is 9. The number of benzene rings is 2. The van der Waals surface area contributed by atoms with Crippen LogP contribution in [0.4, 0.5) is 0 Å². The van der Waals surface area contributed by atoms with Gasteiger partial charge in [0.1, 0.15) is 11.3 Å². The topological polar surface area (TPSA) is 98.9 Å². The standard InChI is InChI=1S/C19H24N2O5S/c1-25-18-9-8-16(14-17(18)19(22)26-2)27(23,24)21(13-11-20)12-10-15-6-4-3-5-7-15/h3-9,14H,10-13,20H2,1-2H3. The van der Waals surface area contributed by atoms with Crippen molar-refractivity contribution in [3.8, 4) is 5.75 Å². The summed E-state index contributed by atoms with van der Waals surface area (Å²) in [5.74, 6) is -0.422. The zero-order valence-electron chi connectivity index (χ0n) is 15.4. The third kappa shape index (κ3) is 5.06. The van der Waals surface area contributed by atoms with Crippen LogP contribution in [0.3, 0.4) is 0 Å². The van der Waals surface area contributed by atoms with Gasteiger partial charge in [-0.3, -0.25) is 0 Å². The van der Waals surface area contributed by atoms with E-state index in [1.165, 1.54) is 36.7 Å². The fourth-order valence-electron chi connectivity index (χ4n) is 2.66. The third-order valence-corrected chi connectivity index (χ3v) is 5.98. The van der Waals surface area contributed by atoms with E-state index in [4.69, 9.17) is 15.2 Å². The Balaban J connectivity index is 2.33. The molecule has 0 aromatic heterocycles. The van der Waals surface area contributed by atoms with Gasteiger partial charge in [-0.05, 0) is 30.2 Å². The summed E-state index contributed by atoms with van der Waals surface area (Å²) in [6.45, 7) is 0.645. The van der Waals surface area contributed by atoms with Crippen molar-refractivity contribution in [2.24, 2.45) is 5.73 Å². The second kappa shape index (κ2) is 9.50. The molecule has 0 heterocycles. The highest BCUT2D eigenvalue weighted by Gasteiger charge is 2.26. The lowest BCUT2D eigenvalue weighted by Gasteiger charge is -2.22. The minimum absolute atomic E-state index is 0.00906. The number of methoxy groups -OCH3 is 2. The van der Waals surface area contributed by atoms with Crippen molar-refractivity contribution in [1.82, 2.24) is 4.31 Å². The van der Waals surface area contributed by atoms with Crippen molar-refractivity contribution in [1.29, 1.82) is 0 Å². The molecule has 27 heavy (non-hydrogen) atoms. The molecule has 0 bridgehead atoms. The van der Waals surface area contributed by atoms with Gasteiger partial charge in [-0.2, -0.15) is 4.31 Å². The Kier molecular flexibility index (Phi) is 7.35. The Morgan fingerprint density at radius 1 is 1.07 bits per heavy atom. The predicted molar refractivity (Wildman–Crippen MR) is 102 cm³/mol. The highest BCUT2D eigenvalue weighted by atomic mass is 32.2. The van der Waals surface area contributed by atoms with Crippen LogP contribution in [0, 0.1) is 0 Å². The van der Waals surface area contributed by atoms with Crippen molar-refractivity contribution in [2.75, 3.05) is 33.9 Å². The summed E-state index contributed by atoms with van der Waals surface area (Å²) in [6.07, 6.45) is 0.556. The number of nitrogens with two attached hydrogens (primary N) is 1. The van der Waals surface area contributed by atoms with Crippen LogP contribution in [0.1, 0.15) is 15.9 Å². The molecule has 0 saturated carbocycles. The van der Waals surface area contributed by atoms with Gasteiger partial charge >= 0.3 is 5.97 Å². The number of ether oxygens (including phenoxy) is 2. The van der Waals surface area contributed by atoms with Gasteiger partial charge in [-0.15, -0.1) is 0 Å². The van der Waals surface area contributed by atoms with Gasteiger partial charge < -0.3 is 15.2 Å². The smallest absolute Gasteiger partial charge is 0.341 e. The molecule has 146 valence electrons. The maximum atomic E-state index is 13.1. The Bertz CT molecular complexity index is 869. The molecule has 0 atom stereocenters. The van der Waals surface area contributed by atoms with Gasteiger partial charge in [-0.1, -0.05) is 30.3 Å². The number of hydrogen-bond acceptors (Lipinski definition) is 6. The summed E-state index contributed by atoms with van der Waals surface area (Å²) in [5, 5.41) is 0. The maximum absolute atomic E-state index is 13.1. The zero-order valence-corrected chi connectivity index (χ0v) is 16.2. The predicted octanol–water partition coefficient (Wildman–Crippen LogP) is 1.67. The normalized spacial score (nSPS) is 11.4. The first-order valence-corrected chi connectivity index (χ1v) is 9.88. The second-order valence-electron chi connectivity index (χ2n) is 5.78. The van der Waals surface area contributed by atoms with Crippen LogP contribution in [0.5, 0.6) is 5.75 Å². The average Bonchev–Trinajstić information content (AvgIpc) is 2.70. The molecular formula is C19H24N2O5S. The van der Waals surface area contributed by atoms with Gasteiger partial charge in [0.15, 0.2) is 0 Å². The van der Waals surface area contributed by atoms with Crippen molar-refractivity contribution in [3.63, 3.8) is 0 Å². The minimum Gasteiger partial charge on any atom is -0.496 e. The highest BCUT2D eigenvalue weighted by Crippen LogP contribution is 2.25. The van der Waals surface area contributed by atoms with Gasteiger partial charge in [0.2, 0.25) is 10.0 Å². The molecular weight excluding hydrogens is 368 g/mol. The van der Waals surface area contributed by atoms with Crippen molar-refractivity contribution in [2.45, 2.75) is 11.3 Å². The highest BCUT2D eigenvalue weighted by molar-refractivity contribution is 7.89. The number of carbonyl (C=O) groups is 1. The lowest BCUT2D eigenvalue weighted by molar-refractivity contribution is 0.0596. The minimum atomic E-state index is -3.83. The summed E-state index contributed by atoms with van der Waals surface area (Å²) >= 11 is 0. The van der Waals surface area contributed by atoms with Gasteiger partial charge in [-0.25, -0.2) is 13.2 Å². The van der Waals surface area contributed by atoms with Crippen LogP contribution >= 0.6 is 0 Å². The molecule has 0 saturated heterocycles. The van der Waals surface area contributed by atoms with Crippen molar-refractivity contribution >= 4 is 16.0 Å². The van der Waals surface area contributed by atoms with E-state index in [0.29, 0.717) is 6.42 Å². The van der Waals surface area contributed by atoms with Gasteiger partial charge in [0, 0.05) is 19.6 Å². The Morgan fingerprint density at radius 3 is 2.37 bits per heavy atom. The Morgan fingerprint density at radius 2 is 1.78 bits per heavy atom. The Hall–Kier alpha value is -2.42. The lowest BCUT2D eigenvalue weighted by atomic mass is 10.1. The lowest BCUT2D eigenvalue weighted by Crippen LogP contribution is -2.37. The summed E-state index contributed by atoms with van der Waals surface area (Å²) in [4.78, 5) is 11.9. The molecule has 0 radical (unpaired) electrons. The number of carbonyl (C=O) groups excluding carboxylic acids is 1. The van der Waals surface area contributed by atoms with Crippen molar-refractivity contribution < 1.29 is 22.7 Å². The van der Waals surface area contributed by atoms with E-state index >= 15 is 0 Å². The first-order chi connectivity index (χ1) is 12.9. The van der Waals surface area contributed by atoms with Crippen LogP contribution in [0.25, 0.3) is 0 Å². The second-order valence-corrected chi connectivity index (χ2v) is 7.72. The molecule has 0 spiro atoms. The summed E-state index contributed by atoms with van der Waals surface area (Å²) < 4.78 is 37.3. The van der Waals surface area contributed by atoms with E-state index in [-0.39, 0.29) is 35.8 Å². The molecule has 2 aromatic rings. The SMILES string of the molecule is COC(=O)c1cc(S(=O)(=O)N(CCN)CCc2ccccc2)ccc1OC. The summed E-state index contributed by atoms with van der Waals surface area (Å²) in [7, 11) is -1.21. The van der Waals surface area contributed by atoms with Crippen LogP contribution in [0.2, 0.25) is 0 Å². The molecule has 0 aliphatic heterocycles. The van der Waals surface area contributed by atoms with Crippen LogP contribution in [-0.4, -0.2) is 52.5 Å². The summed E-state index contributed by atoms with van der Waals surface area (Å²) in [6, 6.07) is 13.7. The fraction of sp³-hybridized carbons (Fsp3) is 0.316. The van der Waals surface area contributed by atoms with Gasteiger partial charge in [0.05, 0.1) is 19.1 Å². The number of nitrogens with zero attached hydrogens (tertiary/aromatic N) is 1. The van der Waals surface area contributed by atoms with Gasteiger partial charge in [0.25, 0.3) is 0 Å². The quantitative estimate of drug-likeness (QED) is 0.652. The largest absolute Gasteiger partial charge is 0.496 e. The Labute approximate surface area is 159 Å². The van der Waals surface area contributed by atoms with E-state index in [9.17, 15) is 13.2 Å². The van der Waals surface area contributed by atoms with Crippen LogP contribution in [-0.2, 0) is 21.2 Å². The first kappa shape index (κ1) is 20.9. The molecule has 0 amide bonds. The molecule has 0 fully saturated rings. The molecule has 2 aromatic carbocycles. The van der Waals surface area contributed by atoms with Crippen molar-refractivity contribution in [3.05, 3.63) is 59.7 Å². The monoisotopic (exact) mass is 392 g/mol. The van der Waals surface area contributed by atoms with E-state index in [2.05, 4.69) is 0 Å². The zero-order chi connectivity index (χ0) is 19.9. The van der Waals surface area contributed by atoms with E-state index in [0.717, 1.165) is 5.56 Å². The molecule has 0 unspecified atom stereocenters. The molecule has 2 N–H and O–H groups in total. The molecule has 7 nitrogen and oxygen atoms in total. The van der Waals surface area contributed by atoms with E-state index in [1.807, 2.05) is 30.3 Å². The maximum Gasteiger partial charge on any atom is 0.341 e. The molecule has 0 aliphatic rings. The third-order valence-electron chi connectivity index (χ3n) is 4.09. The molecule has 2 rings (SSSR count). The van der Waals surface area contributed by atoms with E-state index in [1.54, 1.807) is 0 Å². The van der Waals surface area contributed by atoms with Crippen LogP contribution in [0.15, 0.2) is 53.4 Å². The number of hydrogen-bond donors (Lipinski definition) is 1.